The van der Waals surface area contributed by atoms with Gasteiger partial charge in [0.2, 0.25) is 0 Å². The summed E-state index contributed by atoms with van der Waals surface area (Å²) in [7, 11) is 0. The van der Waals surface area contributed by atoms with Crippen molar-refractivity contribution >= 4 is 23.4 Å². The molecule has 2 aromatic rings. The largest absolute Gasteiger partial charge is 0.278 e. The van der Waals surface area contributed by atoms with Gasteiger partial charge in [-0.15, -0.1) is 0 Å². The molecule has 0 saturated heterocycles. The fourth-order valence-electron chi connectivity index (χ4n) is 1.69. The van der Waals surface area contributed by atoms with E-state index in [9.17, 15) is 26.3 Å². The molecule has 0 radical (unpaired) electrons. The monoisotopic (exact) mass is 262 g/mol. The Hall–Kier alpha value is -1.98. The van der Waals surface area contributed by atoms with Crippen molar-refractivity contribution in [3.63, 3.8) is 0 Å². The van der Waals surface area contributed by atoms with Gasteiger partial charge in [0.25, 0.3) is 6.08 Å². The first-order chi connectivity index (χ1) is 8.36. The Morgan fingerprint density at radius 3 is 1.78 bits per heavy atom. The van der Waals surface area contributed by atoms with E-state index in [2.05, 4.69) is 6.58 Å². The number of hydrogen-bond donors (Lipinski definition) is 0. The van der Waals surface area contributed by atoms with Gasteiger partial charge in [-0.25, -0.2) is 17.6 Å². The van der Waals surface area contributed by atoms with Crippen LogP contribution in [0.2, 0.25) is 0 Å². The van der Waals surface area contributed by atoms with E-state index < -0.39 is 45.3 Å². The fraction of sp³-hybridized carbons (Fsp3) is 0. The average Bonchev–Trinajstić information content (AvgIpc) is 2.32. The first kappa shape index (κ1) is 12.5. The maximum Gasteiger partial charge on any atom is 0.278 e. The molecule has 0 spiro atoms. The van der Waals surface area contributed by atoms with Crippen LogP contribution in [0, 0.1) is 23.3 Å². The molecule has 94 valence electrons. The minimum Gasteiger partial charge on any atom is -0.203 e. The van der Waals surface area contributed by atoms with Crippen LogP contribution in [0.3, 0.4) is 0 Å². The van der Waals surface area contributed by atoms with Crippen LogP contribution < -0.4 is 10.4 Å². The van der Waals surface area contributed by atoms with Gasteiger partial charge >= 0.3 is 0 Å². The summed E-state index contributed by atoms with van der Waals surface area (Å²) >= 11 is 0. The second kappa shape index (κ2) is 4.04. The summed E-state index contributed by atoms with van der Waals surface area (Å²) in [4.78, 5) is 0. The number of benzene rings is 2. The lowest BCUT2D eigenvalue weighted by Crippen LogP contribution is -2.16. The average molecular weight is 262 g/mol. The van der Waals surface area contributed by atoms with Gasteiger partial charge in [-0.2, -0.15) is 8.78 Å². The Morgan fingerprint density at radius 2 is 1.28 bits per heavy atom. The summed E-state index contributed by atoms with van der Waals surface area (Å²) in [5, 5.41) is -3.02. The Kier molecular flexibility index (Phi) is 2.80. The third kappa shape index (κ3) is 1.56. The van der Waals surface area contributed by atoms with E-state index in [1.807, 2.05) is 0 Å². The molecule has 0 fully saturated rings. The van der Waals surface area contributed by atoms with E-state index >= 15 is 0 Å². The molecule has 0 atom stereocenters. The summed E-state index contributed by atoms with van der Waals surface area (Å²) in [6.45, 7) is 3.27. The van der Waals surface area contributed by atoms with Crippen LogP contribution in [-0.4, -0.2) is 0 Å². The predicted molar refractivity (Wildman–Crippen MR) is 54.2 cm³/mol. The highest BCUT2D eigenvalue weighted by atomic mass is 19.3. The van der Waals surface area contributed by atoms with Crippen molar-refractivity contribution in [2.75, 3.05) is 0 Å². The SMILES string of the molecule is C=c1ccc(=C(F)F)c2c(F)c(F)c(F)c(F)c12. The first-order valence-corrected chi connectivity index (χ1v) is 4.65. The van der Waals surface area contributed by atoms with Crippen molar-refractivity contribution < 1.29 is 26.3 Å². The van der Waals surface area contributed by atoms with Gasteiger partial charge in [-0.05, 0) is 11.3 Å². The molecule has 0 aliphatic carbocycles. The van der Waals surface area contributed by atoms with Crippen molar-refractivity contribution in [3.8, 4) is 0 Å². The van der Waals surface area contributed by atoms with Crippen LogP contribution >= 0.6 is 0 Å². The normalized spacial score (nSPS) is 11.0. The minimum atomic E-state index is -2.33. The molecular weight excluding hydrogens is 258 g/mol. The highest BCUT2D eigenvalue weighted by Crippen LogP contribution is 2.22. The summed E-state index contributed by atoms with van der Waals surface area (Å²) < 4.78 is 78.1. The van der Waals surface area contributed by atoms with E-state index in [0.29, 0.717) is 0 Å². The molecule has 2 rings (SSSR count). The molecule has 0 amide bonds. The maximum absolute atomic E-state index is 13.5. The van der Waals surface area contributed by atoms with Gasteiger partial charge in [0, 0.05) is 10.8 Å². The minimum absolute atomic E-state index is 0.217. The van der Waals surface area contributed by atoms with Crippen LogP contribution in [0.15, 0.2) is 12.1 Å². The van der Waals surface area contributed by atoms with E-state index in [1.165, 1.54) is 0 Å². The summed E-state index contributed by atoms with van der Waals surface area (Å²) in [6.07, 6.45) is -2.33. The molecule has 0 nitrogen and oxygen atoms in total. The van der Waals surface area contributed by atoms with Crippen LogP contribution in [-0.2, 0) is 0 Å². The lowest BCUT2D eigenvalue weighted by atomic mass is 10.0. The second-order valence-corrected chi connectivity index (χ2v) is 3.54. The van der Waals surface area contributed by atoms with E-state index in [1.54, 1.807) is 0 Å². The van der Waals surface area contributed by atoms with Crippen LogP contribution in [0.5, 0.6) is 0 Å². The second-order valence-electron chi connectivity index (χ2n) is 3.54. The van der Waals surface area contributed by atoms with Crippen molar-refractivity contribution in [2.45, 2.75) is 0 Å². The van der Waals surface area contributed by atoms with Gasteiger partial charge in [-0.3, -0.25) is 0 Å². The molecule has 0 N–H and O–H groups in total. The molecule has 0 unspecified atom stereocenters. The zero-order valence-electron chi connectivity index (χ0n) is 8.63. The van der Waals surface area contributed by atoms with Gasteiger partial charge < -0.3 is 0 Å². The maximum atomic E-state index is 13.5. The standard InChI is InChI=1S/C12H4F6/c1-4-2-3-5(12(17)18)7-6(4)8(13)10(15)11(16)9(7)14/h2-3H,1H2. The molecule has 0 aliphatic heterocycles. The number of rotatable bonds is 0. The van der Waals surface area contributed by atoms with E-state index in [-0.39, 0.29) is 5.22 Å². The quantitative estimate of drug-likeness (QED) is 0.389. The fourth-order valence-corrected chi connectivity index (χ4v) is 1.69. The van der Waals surface area contributed by atoms with Crippen LogP contribution in [0.1, 0.15) is 0 Å². The molecule has 0 aromatic heterocycles. The van der Waals surface area contributed by atoms with Gasteiger partial charge in [0.15, 0.2) is 23.3 Å². The Morgan fingerprint density at radius 1 is 0.778 bits per heavy atom. The molecule has 0 aliphatic rings. The molecule has 0 heterocycles. The Bertz CT molecular complexity index is 759. The van der Waals surface area contributed by atoms with Crippen LogP contribution in [0.25, 0.3) is 23.4 Å². The molecule has 18 heavy (non-hydrogen) atoms. The van der Waals surface area contributed by atoms with Gasteiger partial charge in [0.05, 0.1) is 5.22 Å². The van der Waals surface area contributed by atoms with Crippen molar-refractivity contribution in [1.29, 1.82) is 0 Å². The Labute approximate surface area is 96.5 Å². The zero-order valence-corrected chi connectivity index (χ0v) is 8.63. The third-order valence-corrected chi connectivity index (χ3v) is 2.51. The Balaban J connectivity index is 3.31. The molecule has 0 saturated carbocycles. The number of fused-ring (bicyclic) bond motifs is 1. The molecular formula is C12H4F6. The number of hydrogen-bond acceptors (Lipinski definition) is 0. The third-order valence-electron chi connectivity index (χ3n) is 2.51. The predicted octanol–water partition coefficient (Wildman–Crippen LogP) is 2.81. The van der Waals surface area contributed by atoms with Gasteiger partial charge in [0.1, 0.15) is 0 Å². The van der Waals surface area contributed by atoms with E-state index in [4.69, 9.17) is 0 Å². The molecule has 0 bridgehead atoms. The topological polar surface area (TPSA) is 0 Å². The summed E-state index contributed by atoms with van der Waals surface area (Å²) in [5.74, 6) is -7.79. The summed E-state index contributed by atoms with van der Waals surface area (Å²) in [5.41, 5.74) is 0. The van der Waals surface area contributed by atoms with E-state index in [0.717, 1.165) is 12.1 Å². The first-order valence-electron chi connectivity index (χ1n) is 4.65. The van der Waals surface area contributed by atoms with Crippen LogP contribution in [0.4, 0.5) is 26.3 Å². The van der Waals surface area contributed by atoms with Crippen molar-refractivity contribution in [1.82, 2.24) is 0 Å². The number of halogens is 6. The van der Waals surface area contributed by atoms with Gasteiger partial charge in [-0.1, -0.05) is 12.6 Å². The van der Waals surface area contributed by atoms with Crippen molar-refractivity contribution in [3.05, 3.63) is 45.8 Å². The molecule has 6 heteroatoms. The zero-order chi connectivity index (χ0) is 13.6. The van der Waals surface area contributed by atoms with Crippen molar-refractivity contribution in [2.24, 2.45) is 0 Å². The smallest absolute Gasteiger partial charge is 0.203 e. The highest BCUT2D eigenvalue weighted by molar-refractivity contribution is 5.86. The molecule has 2 aromatic carbocycles. The summed E-state index contributed by atoms with van der Waals surface area (Å²) in [6, 6.07) is 1.73. The lowest BCUT2D eigenvalue weighted by molar-refractivity contribution is 0.417. The highest BCUT2D eigenvalue weighted by Gasteiger charge is 2.22. The lowest BCUT2D eigenvalue weighted by Gasteiger charge is -2.05.